The summed E-state index contributed by atoms with van der Waals surface area (Å²) >= 11 is 0. The molecule has 0 bridgehead atoms. The first-order valence-corrected chi connectivity index (χ1v) is 4.31. The highest BCUT2D eigenvalue weighted by atomic mass is 16.4. The molecule has 0 aliphatic heterocycles. The molecule has 0 fully saturated rings. The van der Waals surface area contributed by atoms with E-state index in [0.717, 1.165) is 6.08 Å². The third kappa shape index (κ3) is 4.35. The molecule has 0 rings (SSSR count). The summed E-state index contributed by atoms with van der Waals surface area (Å²) in [6.07, 6.45) is 5.01. The van der Waals surface area contributed by atoms with Gasteiger partial charge in [0.15, 0.2) is 0 Å². The first-order valence-electron chi connectivity index (χ1n) is 4.31. The van der Waals surface area contributed by atoms with Crippen molar-refractivity contribution in [3.63, 3.8) is 0 Å². The highest BCUT2D eigenvalue weighted by molar-refractivity contribution is 5.80. The van der Waals surface area contributed by atoms with Gasteiger partial charge in [0.1, 0.15) is 0 Å². The third-order valence-electron chi connectivity index (χ3n) is 2.10. The number of aliphatic carboxylic acids is 1. The lowest BCUT2D eigenvalue weighted by molar-refractivity contribution is -0.131. The molecule has 0 spiro atoms. The smallest absolute Gasteiger partial charge is 0.330 e. The van der Waals surface area contributed by atoms with Gasteiger partial charge in [-0.25, -0.2) is 4.79 Å². The maximum atomic E-state index is 10.3. The fourth-order valence-electron chi connectivity index (χ4n) is 1.05. The van der Waals surface area contributed by atoms with E-state index in [1.165, 1.54) is 0 Å². The molecule has 13 heavy (non-hydrogen) atoms. The van der Waals surface area contributed by atoms with Crippen molar-refractivity contribution in [1.82, 2.24) is 0 Å². The fourth-order valence-corrected chi connectivity index (χ4v) is 1.05. The van der Waals surface area contributed by atoms with Crippen molar-refractivity contribution in [2.75, 3.05) is 0 Å². The Hall–Kier alpha value is -1.25. The van der Waals surface area contributed by atoms with Crippen LogP contribution in [0.2, 0.25) is 0 Å². The van der Waals surface area contributed by atoms with Crippen molar-refractivity contribution < 1.29 is 9.90 Å². The van der Waals surface area contributed by atoms with E-state index in [1.54, 1.807) is 0 Å². The first-order chi connectivity index (χ1) is 5.99. The van der Waals surface area contributed by atoms with Crippen LogP contribution in [0, 0.1) is 11.8 Å². The number of nitrogens with two attached hydrogens (primary N) is 1. The topological polar surface area (TPSA) is 63.3 Å². The van der Waals surface area contributed by atoms with Gasteiger partial charge in [0.25, 0.3) is 0 Å². The summed E-state index contributed by atoms with van der Waals surface area (Å²) in [5, 5.41) is 8.47. The van der Waals surface area contributed by atoms with Crippen LogP contribution in [-0.4, -0.2) is 11.1 Å². The van der Waals surface area contributed by atoms with Gasteiger partial charge in [0, 0.05) is 17.7 Å². The van der Waals surface area contributed by atoms with Gasteiger partial charge < -0.3 is 10.8 Å². The van der Waals surface area contributed by atoms with E-state index in [9.17, 15) is 4.79 Å². The highest BCUT2D eigenvalue weighted by Gasteiger charge is 2.12. The Labute approximate surface area is 78.9 Å². The molecule has 0 saturated carbocycles. The van der Waals surface area contributed by atoms with Gasteiger partial charge in [0.2, 0.25) is 0 Å². The molecule has 0 heterocycles. The molecule has 0 aliphatic rings. The molecule has 0 unspecified atom stereocenters. The summed E-state index contributed by atoms with van der Waals surface area (Å²) in [5.74, 6) is -0.662. The quantitative estimate of drug-likeness (QED) is 0.515. The molecule has 0 saturated heterocycles. The summed E-state index contributed by atoms with van der Waals surface area (Å²) in [6, 6.07) is 0. The van der Waals surface area contributed by atoms with Gasteiger partial charge in [-0.05, 0) is 12.8 Å². The molecule has 74 valence electrons. The van der Waals surface area contributed by atoms with Crippen molar-refractivity contribution in [3.05, 3.63) is 23.9 Å². The van der Waals surface area contributed by atoms with E-state index in [-0.39, 0.29) is 11.8 Å². The summed E-state index contributed by atoms with van der Waals surface area (Å²) in [5.41, 5.74) is 6.01. The van der Waals surface area contributed by atoms with E-state index in [4.69, 9.17) is 10.8 Å². The van der Waals surface area contributed by atoms with Crippen LogP contribution in [0.4, 0.5) is 0 Å². The van der Waals surface area contributed by atoms with Gasteiger partial charge in [0.05, 0.1) is 0 Å². The van der Waals surface area contributed by atoms with E-state index in [1.807, 2.05) is 32.9 Å². The Morgan fingerprint density at radius 2 is 2.00 bits per heavy atom. The zero-order valence-electron chi connectivity index (χ0n) is 8.32. The lowest BCUT2D eigenvalue weighted by Gasteiger charge is -2.16. The Morgan fingerprint density at radius 3 is 2.38 bits per heavy atom. The van der Waals surface area contributed by atoms with Crippen LogP contribution < -0.4 is 5.73 Å². The van der Waals surface area contributed by atoms with Crippen LogP contribution in [-0.2, 0) is 4.79 Å². The molecule has 3 nitrogen and oxygen atoms in total. The molecule has 3 N–H and O–H groups in total. The molecule has 0 aromatic rings. The summed E-state index contributed by atoms with van der Waals surface area (Å²) in [6.45, 7) is 5.85. The molecule has 0 aromatic carbocycles. The van der Waals surface area contributed by atoms with Gasteiger partial charge in [-0.15, -0.1) is 0 Å². The zero-order valence-corrected chi connectivity index (χ0v) is 8.32. The third-order valence-corrected chi connectivity index (χ3v) is 2.10. The summed E-state index contributed by atoms with van der Waals surface area (Å²) < 4.78 is 0. The predicted octanol–water partition coefficient (Wildman–Crippen LogP) is 1.76. The first kappa shape index (κ1) is 11.8. The number of carboxylic acid groups (broad SMARTS) is 1. The number of rotatable bonds is 4. The van der Waals surface area contributed by atoms with Gasteiger partial charge in [-0.2, -0.15) is 0 Å². The average Bonchev–Trinajstić information content (AvgIpc) is 2.02. The van der Waals surface area contributed by atoms with E-state index in [0.29, 0.717) is 5.70 Å². The van der Waals surface area contributed by atoms with Crippen LogP contribution in [0.1, 0.15) is 20.8 Å². The van der Waals surface area contributed by atoms with Gasteiger partial charge >= 0.3 is 5.97 Å². The second kappa shape index (κ2) is 5.41. The van der Waals surface area contributed by atoms with E-state index in [2.05, 4.69) is 0 Å². The van der Waals surface area contributed by atoms with Crippen LogP contribution >= 0.6 is 0 Å². The van der Waals surface area contributed by atoms with Crippen molar-refractivity contribution in [2.45, 2.75) is 20.8 Å². The minimum atomic E-state index is -0.989. The van der Waals surface area contributed by atoms with E-state index >= 15 is 0 Å². The second-order valence-electron chi connectivity index (χ2n) is 3.16. The predicted molar refractivity (Wildman–Crippen MR) is 53.0 cm³/mol. The average molecular weight is 183 g/mol. The lowest BCUT2D eigenvalue weighted by atomic mass is 9.92. The van der Waals surface area contributed by atoms with Crippen molar-refractivity contribution in [2.24, 2.45) is 17.6 Å². The fraction of sp³-hybridized carbons (Fsp3) is 0.500. The number of hydrogen-bond acceptors (Lipinski definition) is 2. The molecule has 0 aliphatic carbocycles. The number of hydrogen-bond donors (Lipinski definition) is 2. The molecular weight excluding hydrogens is 166 g/mol. The minimum absolute atomic E-state index is 0.0623. The molecule has 3 heteroatoms. The Morgan fingerprint density at radius 1 is 1.46 bits per heavy atom. The van der Waals surface area contributed by atoms with E-state index < -0.39 is 5.97 Å². The summed E-state index contributed by atoms with van der Waals surface area (Å²) in [7, 11) is 0. The molecule has 0 amide bonds. The molecular formula is C10H17NO2. The molecule has 2 atom stereocenters. The van der Waals surface area contributed by atoms with Gasteiger partial charge in [-0.3, -0.25) is 0 Å². The standard InChI is InChI=1S/C10H17NO2/c1-4-5-7(2)8(3)9(11)6-10(12)13/h4-8H,11H2,1-3H3,(H,12,13)/b5-4+,9-6-/t7-,8+/m0/s1. The van der Waals surface area contributed by atoms with Crippen molar-refractivity contribution >= 4 is 5.97 Å². The Bertz CT molecular complexity index is 231. The normalized spacial score (nSPS) is 17.3. The largest absolute Gasteiger partial charge is 0.478 e. The number of allylic oxidation sites excluding steroid dienone is 3. The van der Waals surface area contributed by atoms with Crippen LogP contribution in [0.25, 0.3) is 0 Å². The number of carboxylic acids is 1. The SMILES string of the molecule is C/C=C/[C@H](C)[C@@H](C)/C(N)=C/C(=O)O. The zero-order chi connectivity index (χ0) is 10.4. The highest BCUT2D eigenvalue weighted by Crippen LogP contribution is 2.17. The van der Waals surface area contributed by atoms with Crippen molar-refractivity contribution in [3.8, 4) is 0 Å². The maximum Gasteiger partial charge on any atom is 0.330 e. The Kier molecular flexibility index (Phi) is 4.89. The maximum absolute atomic E-state index is 10.3. The second-order valence-corrected chi connectivity index (χ2v) is 3.16. The van der Waals surface area contributed by atoms with Crippen molar-refractivity contribution in [1.29, 1.82) is 0 Å². The minimum Gasteiger partial charge on any atom is -0.478 e. The van der Waals surface area contributed by atoms with Crippen LogP contribution in [0.5, 0.6) is 0 Å². The molecule has 0 aromatic heterocycles. The van der Waals surface area contributed by atoms with Gasteiger partial charge in [-0.1, -0.05) is 26.0 Å². The number of carbonyl (C=O) groups is 1. The lowest BCUT2D eigenvalue weighted by Crippen LogP contribution is -2.16. The monoisotopic (exact) mass is 183 g/mol. The van der Waals surface area contributed by atoms with Crippen LogP contribution in [0.15, 0.2) is 23.9 Å². The Balaban J connectivity index is 4.41. The summed E-state index contributed by atoms with van der Waals surface area (Å²) in [4.78, 5) is 10.3. The molecule has 0 radical (unpaired) electrons. The van der Waals surface area contributed by atoms with Crippen LogP contribution in [0.3, 0.4) is 0 Å².